The second-order valence-electron chi connectivity index (χ2n) is 4.04. The Kier molecular flexibility index (Phi) is 3.75. The zero-order valence-corrected chi connectivity index (χ0v) is 10.2. The summed E-state index contributed by atoms with van der Waals surface area (Å²) in [6.07, 6.45) is -0.401. The maximum absolute atomic E-state index is 13.2. The monoisotopic (exact) mass is 261 g/mol. The van der Waals surface area contributed by atoms with Crippen molar-refractivity contribution in [3.05, 3.63) is 70.0 Å². The molecule has 0 heterocycles. The van der Waals surface area contributed by atoms with Gasteiger partial charge in [0, 0.05) is 12.1 Å². The molecule has 0 aromatic heterocycles. The Hall–Kier alpha value is -2.43. The standard InChI is InChI=1S/C14H12FNO3/c1-10(11-5-3-2-4-6-11)19-14-9-12(15)7-8-13(14)16(17)18/h2-10H,1H3. The van der Waals surface area contributed by atoms with Crippen molar-refractivity contribution >= 4 is 5.69 Å². The molecule has 4 nitrogen and oxygen atoms in total. The molecule has 0 aliphatic carbocycles. The molecule has 0 saturated heterocycles. The average molecular weight is 261 g/mol. The maximum atomic E-state index is 13.2. The van der Waals surface area contributed by atoms with Crippen LogP contribution in [0.3, 0.4) is 0 Å². The van der Waals surface area contributed by atoms with Crippen molar-refractivity contribution < 1.29 is 14.1 Å². The van der Waals surface area contributed by atoms with Crippen LogP contribution in [-0.2, 0) is 0 Å². The molecule has 0 amide bonds. The topological polar surface area (TPSA) is 52.4 Å². The first-order valence-electron chi connectivity index (χ1n) is 5.73. The molecule has 1 atom stereocenters. The highest BCUT2D eigenvalue weighted by Crippen LogP contribution is 2.31. The van der Waals surface area contributed by atoms with Crippen LogP contribution in [0, 0.1) is 15.9 Å². The molecule has 0 N–H and O–H groups in total. The highest BCUT2D eigenvalue weighted by atomic mass is 19.1. The lowest BCUT2D eigenvalue weighted by Crippen LogP contribution is -2.05. The molecule has 19 heavy (non-hydrogen) atoms. The van der Waals surface area contributed by atoms with Gasteiger partial charge in [-0.1, -0.05) is 30.3 Å². The zero-order chi connectivity index (χ0) is 13.8. The molecule has 2 aromatic rings. The fourth-order valence-corrected chi connectivity index (χ4v) is 1.72. The van der Waals surface area contributed by atoms with Gasteiger partial charge in [0.05, 0.1) is 4.92 Å². The zero-order valence-electron chi connectivity index (χ0n) is 10.2. The van der Waals surface area contributed by atoms with Crippen LogP contribution in [0.5, 0.6) is 5.75 Å². The van der Waals surface area contributed by atoms with Crippen molar-refractivity contribution in [1.82, 2.24) is 0 Å². The van der Waals surface area contributed by atoms with Crippen molar-refractivity contribution in [2.45, 2.75) is 13.0 Å². The van der Waals surface area contributed by atoms with Crippen molar-refractivity contribution in [3.8, 4) is 5.75 Å². The predicted octanol–water partition coefficient (Wildman–Crippen LogP) is 3.87. The van der Waals surface area contributed by atoms with Crippen molar-refractivity contribution in [1.29, 1.82) is 0 Å². The molecule has 1 unspecified atom stereocenters. The Bertz CT molecular complexity index is 586. The van der Waals surface area contributed by atoms with Gasteiger partial charge in [0.25, 0.3) is 0 Å². The second kappa shape index (κ2) is 5.48. The van der Waals surface area contributed by atoms with Gasteiger partial charge in [-0.2, -0.15) is 0 Å². The third-order valence-corrected chi connectivity index (χ3v) is 2.69. The van der Waals surface area contributed by atoms with Crippen LogP contribution in [-0.4, -0.2) is 4.92 Å². The van der Waals surface area contributed by atoms with Gasteiger partial charge in [0.15, 0.2) is 0 Å². The quantitative estimate of drug-likeness (QED) is 0.620. The Balaban J connectivity index is 2.28. The van der Waals surface area contributed by atoms with Gasteiger partial charge < -0.3 is 4.74 Å². The van der Waals surface area contributed by atoms with Crippen LogP contribution < -0.4 is 4.74 Å². The lowest BCUT2D eigenvalue weighted by atomic mass is 10.1. The minimum absolute atomic E-state index is 0.0682. The van der Waals surface area contributed by atoms with E-state index in [0.717, 1.165) is 23.8 Å². The number of hydrogen-bond acceptors (Lipinski definition) is 3. The molecule has 0 radical (unpaired) electrons. The molecule has 0 spiro atoms. The van der Waals surface area contributed by atoms with E-state index >= 15 is 0 Å². The number of nitrogens with zero attached hydrogens (tertiary/aromatic N) is 1. The fourth-order valence-electron chi connectivity index (χ4n) is 1.72. The summed E-state index contributed by atoms with van der Waals surface area (Å²) in [5.74, 6) is -0.637. The summed E-state index contributed by atoms with van der Waals surface area (Å²) in [5.41, 5.74) is 0.616. The van der Waals surface area contributed by atoms with E-state index in [9.17, 15) is 14.5 Å². The summed E-state index contributed by atoms with van der Waals surface area (Å²) >= 11 is 0. The van der Waals surface area contributed by atoms with Gasteiger partial charge in [0.1, 0.15) is 11.9 Å². The minimum Gasteiger partial charge on any atom is -0.479 e. The highest BCUT2D eigenvalue weighted by molar-refractivity contribution is 5.46. The van der Waals surface area contributed by atoms with Crippen LogP contribution >= 0.6 is 0 Å². The Morgan fingerprint density at radius 3 is 2.53 bits per heavy atom. The van der Waals surface area contributed by atoms with E-state index in [4.69, 9.17) is 4.74 Å². The van der Waals surface area contributed by atoms with E-state index in [1.165, 1.54) is 0 Å². The molecule has 0 bridgehead atoms. The first-order chi connectivity index (χ1) is 9.08. The van der Waals surface area contributed by atoms with Crippen LogP contribution in [0.1, 0.15) is 18.6 Å². The number of nitro benzene ring substituents is 1. The van der Waals surface area contributed by atoms with Crippen LogP contribution in [0.15, 0.2) is 48.5 Å². The van der Waals surface area contributed by atoms with E-state index in [1.54, 1.807) is 6.92 Å². The van der Waals surface area contributed by atoms with E-state index < -0.39 is 16.8 Å². The fraction of sp³-hybridized carbons (Fsp3) is 0.143. The highest BCUT2D eigenvalue weighted by Gasteiger charge is 2.18. The lowest BCUT2D eigenvalue weighted by Gasteiger charge is -2.14. The largest absolute Gasteiger partial charge is 0.479 e. The van der Waals surface area contributed by atoms with Gasteiger partial charge in [-0.05, 0) is 18.6 Å². The predicted molar refractivity (Wildman–Crippen MR) is 68.5 cm³/mol. The molecule has 0 saturated carbocycles. The van der Waals surface area contributed by atoms with Gasteiger partial charge in [-0.15, -0.1) is 0 Å². The number of benzene rings is 2. The number of nitro groups is 1. The molecule has 2 rings (SSSR count). The Morgan fingerprint density at radius 2 is 1.89 bits per heavy atom. The Labute approximate surface area is 109 Å². The summed E-state index contributed by atoms with van der Waals surface area (Å²) in [6.45, 7) is 1.75. The van der Waals surface area contributed by atoms with Crippen molar-refractivity contribution in [3.63, 3.8) is 0 Å². The summed E-state index contributed by atoms with van der Waals surface area (Å²) in [7, 11) is 0. The van der Waals surface area contributed by atoms with E-state index in [0.29, 0.717) is 0 Å². The van der Waals surface area contributed by atoms with Crippen molar-refractivity contribution in [2.75, 3.05) is 0 Å². The molecular formula is C14H12FNO3. The van der Waals surface area contributed by atoms with Gasteiger partial charge >= 0.3 is 5.69 Å². The minimum atomic E-state index is -0.591. The number of halogens is 1. The third kappa shape index (κ3) is 3.07. The summed E-state index contributed by atoms with van der Waals surface area (Å²) in [4.78, 5) is 10.3. The molecule has 5 heteroatoms. The first-order valence-corrected chi connectivity index (χ1v) is 5.73. The van der Waals surface area contributed by atoms with E-state index in [-0.39, 0.29) is 11.4 Å². The summed E-state index contributed by atoms with van der Waals surface area (Å²) in [6, 6.07) is 12.4. The number of ether oxygens (including phenoxy) is 1. The average Bonchev–Trinajstić information content (AvgIpc) is 2.39. The molecule has 98 valence electrons. The van der Waals surface area contributed by atoms with Gasteiger partial charge in [0.2, 0.25) is 5.75 Å². The summed E-state index contributed by atoms with van der Waals surface area (Å²) in [5, 5.41) is 10.9. The van der Waals surface area contributed by atoms with E-state index in [2.05, 4.69) is 0 Å². The van der Waals surface area contributed by atoms with Gasteiger partial charge in [-0.3, -0.25) is 10.1 Å². The Morgan fingerprint density at radius 1 is 1.21 bits per heavy atom. The van der Waals surface area contributed by atoms with Crippen LogP contribution in [0.4, 0.5) is 10.1 Å². The smallest absolute Gasteiger partial charge is 0.311 e. The number of rotatable bonds is 4. The molecule has 2 aromatic carbocycles. The van der Waals surface area contributed by atoms with Gasteiger partial charge in [-0.25, -0.2) is 4.39 Å². The normalized spacial score (nSPS) is 11.9. The van der Waals surface area contributed by atoms with Crippen LogP contribution in [0.25, 0.3) is 0 Å². The van der Waals surface area contributed by atoms with Crippen molar-refractivity contribution in [2.24, 2.45) is 0 Å². The first kappa shape index (κ1) is 13.0. The number of hydrogen-bond donors (Lipinski definition) is 0. The maximum Gasteiger partial charge on any atom is 0.311 e. The molecule has 0 aliphatic heterocycles. The molecule has 0 fully saturated rings. The van der Waals surface area contributed by atoms with E-state index in [1.807, 2.05) is 30.3 Å². The lowest BCUT2D eigenvalue weighted by molar-refractivity contribution is -0.386. The molecule has 0 aliphatic rings. The molecular weight excluding hydrogens is 249 g/mol. The third-order valence-electron chi connectivity index (χ3n) is 2.69. The SMILES string of the molecule is CC(Oc1cc(F)ccc1[N+](=O)[O-])c1ccccc1. The second-order valence-corrected chi connectivity index (χ2v) is 4.04. The van der Waals surface area contributed by atoms with Crippen LogP contribution in [0.2, 0.25) is 0 Å². The summed E-state index contributed by atoms with van der Waals surface area (Å²) < 4.78 is 18.7.